The molecule has 0 radical (unpaired) electrons. The van der Waals surface area contributed by atoms with E-state index in [1.165, 1.54) is 32.9 Å². The Hall–Kier alpha value is -0.951. The average molecular weight is 459 g/mol. The minimum absolute atomic E-state index is 0.972. The van der Waals surface area contributed by atoms with E-state index in [1.807, 2.05) is 11.4 Å². The van der Waals surface area contributed by atoms with Crippen LogP contribution in [0.4, 0.5) is 0 Å². The van der Waals surface area contributed by atoms with Gasteiger partial charge in [0.1, 0.15) is 0 Å². The average Bonchev–Trinajstić information content (AvgIpc) is 2.62. The summed E-state index contributed by atoms with van der Waals surface area (Å²) in [6.07, 6.45) is 0. The Morgan fingerprint density at radius 3 is 1.65 bits per heavy atom. The molecule has 0 heterocycles. The third kappa shape index (κ3) is 4.14. The molecule has 0 saturated heterocycles. The van der Waals surface area contributed by atoms with Gasteiger partial charge in [0, 0.05) is 0 Å². The van der Waals surface area contributed by atoms with E-state index in [4.69, 9.17) is 12.2 Å². The molecular weight excluding hydrogens is 438 g/mol. The van der Waals surface area contributed by atoms with Crippen molar-refractivity contribution in [3.05, 3.63) is 95.1 Å². The van der Waals surface area contributed by atoms with E-state index < -0.39 is 4.71 Å². The molecule has 0 N–H and O–H groups in total. The van der Waals surface area contributed by atoms with E-state index in [9.17, 15) is 0 Å². The second kappa shape index (κ2) is 8.38. The molecule has 0 unspecified atom stereocenters. The van der Waals surface area contributed by atoms with Gasteiger partial charge in [-0.2, -0.15) is 0 Å². The van der Waals surface area contributed by atoms with Gasteiger partial charge in [-0.05, 0) is 0 Å². The van der Waals surface area contributed by atoms with Gasteiger partial charge in [-0.1, -0.05) is 0 Å². The monoisotopic (exact) mass is 460 g/mol. The van der Waals surface area contributed by atoms with E-state index in [1.54, 1.807) is 0 Å². The van der Waals surface area contributed by atoms with Crippen LogP contribution in [0.15, 0.2) is 72.8 Å². The Morgan fingerprint density at radius 2 is 1.23 bits per heavy atom. The molecule has 26 heavy (non-hydrogen) atoms. The van der Waals surface area contributed by atoms with Gasteiger partial charge in [-0.25, -0.2) is 0 Å². The topological polar surface area (TPSA) is 0 Å². The Balaban J connectivity index is 2.08. The van der Waals surface area contributed by atoms with Crippen molar-refractivity contribution in [2.45, 2.75) is 20.8 Å². The summed E-state index contributed by atoms with van der Waals surface area (Å²) in [4.78, 5) is 0. The number of hydrogen-bond acceptors (Lipinski definition) is 2. The van der Waals surface area contributed by atoms with Crippen LogP contribution in [0.1, 0.15) is 22.3 Å². The van der Waals surface area contributed by atoms with Crippen molar-refractivity contribution in [1.29, 1.82) is 0 Å². The van der Waals surface area contributed by atoms with E-state index in [0.717, 1.165) is 4.20 Å². The molecule has 0 spiro atoms. The molecule has 3 aromatic carbocycles. The Morgan fingerprint density at radius 1 is 0.808 bits per heavy atom. The molecule has 0 atom stereocenters. The van der Waals surface area contributed by atoms with Crippen LogP contribution in [0.25, 0.3) is 0 Å². The van der Waals surface area contributed by atoms with Gasteiger partial charge in [-0.15, -0.1) is 0 Å². The van der Waals surface area contributed by atoms with E-state index in [2.05, 4.69) is 109 Å². The van der Waals surface area contributed by atoms with Crippen molar-refractivity contribution in [2.24, 2.45) is 0 Å². The Bertz CT molecular complexity index is 915. The number of hydrogen-bond donors (Lipinski definition) is 0. The molecule has 0 aliphatic heterocycles. The summed E-state index contributed by atoms with van der Waals surface area (Å²) in [5.41, 5.74) is 5.01. The Kier molecular flexibility index (Phi) is 6.38. The number of benzene rings is 3. The summed E-state index contributed by atoms with van der Waals surface area (Å²) in [5, 5.41) is 2.64. The summed E-state index contributed by atoms with van der Waals surface area (Å²) >= 11 is 11.3. The molecular formula is C22H21PS2Se. The molecule has 3 aromatic rings. The fourth-order valence-electron chi connectivity index (χ4n) is 3.17. The molecule has 132 valence electrons. The van der Waals surface area contributed by atoms with Gasteiger partial charge in [0.2, 0.25) is 0 Å². The van der Waals surface area contributed by atoms with Gasteiger partial charge in [0.25, 0.3) is 0 Å². The summed E-state index contributed by atoms with van der Waals surface area (Å²) < 4.78 is -0.825. The number of thiocarbonyl (C=S) groups is 1. The van der Waals surface area contributed by atoms with Crippen molar-refractivity contribution in [3.8, 4) is 0 Å². The molecule has 0 nitrogen and oxygen atoms in total. The Labute approximate surface area is 173 Å². The van der Waals surface area contributed by atoms with Crippen molar-refractivity contribution in [1.82, 2.24) is 0 Å². The molecule has 0 amide bonds. The quantitative estimate of drug-likeness (QED) is 0.279. The second-order valence-electron chi connectivity index (χ2n) is 6.38. The van der Waals surface area contributed by atoms with Gasteiger partial charge >= 0.3 is 174 Å². The van der Waals surface area contributed by atoms with Crippen molar-refractivity contribution in [3.63, 3.8) is 0 Å². The molecule has 0 bridgehead atoms. The molecule has 0 aliphatic carbocycles. The summed E-state index contributed by atoms with van der Waals surface area (Å²) in [5.74, 6) is 0. The fourth-order valence-corrected chi connectivity index (χ4v) is 13.0. The summed E-state index contributed by atoms with van der Waals surface area (Å²) in [6.45, 7) is 6.46. The van der Waals surface area contributed by atoms with Crippen LogP contribution in [-0.4, -0.2) is 19.3 Å². The molecule has 0 aliphatic rings. The van der Waals surface area contributed by atoms with Crippen LogP contribution in [0.3, 0.4) is 0 Å². The van der Waals surface area contributed by atoms with Crippen molar-refractivity contribution in [2.75, 3.05) is 0 Å². The fraction of sp³-hybridized carbons (Fsp3) is 0.136. The maximum absolute atomic E-state index is 5.96. The maximum atomic E-state index is 5.96. The standard InChI is InChI=1S/C22H21PS2Se/c1-16-14-17(2)21(18(3)15-16)22(24)25-23(26,19-10-6-4-7-11-19)20-12-8-5-9-13-20/h4-15H,1-3H3. The minimum atomic E-state index is -1.80. The van der Waals surface area contributed by atoms with Gasteiger partial charge in [0.15, 0.2) is 0 Å². The second-order valence-corrected chi connectivity index (χ2v) is 17.0. The zero-order chi connectivity index (χ0) is 18.7. The molecule has 0 saturated carbocycles. The van der Waals surface area contributed by atoms with Crippen LogP contribution in [0, 0.1) is 20.8 Å². The first-order chi connectivity index (χ1) is 12.4. The third-order valence-corrected chi connectivity index (χ3v) is 14.3. The number of rotatable bonds is 4. The van der Waals surface area contributed by atoms with E-state index in [0.29, 0.717) is 0 Å². The van der Waals surface area contributed by atoms with Crippen LogP contribution in [-0.2, 0) is 0 Å². The van der Waals surface area contributed by atoms with Crippen molar-refractivity contribution >= 4 is 58.2 Å². The van der Waals surface area contributed by atoms with Crippen LogP contribution >= 0.6 is 28.3 Å². The van der Waals surface area contributed by atoms with Crippen LogP contribution in [0.5, 0.6) is 0 Å². The molecule has 0 fully saturated rings. The SMILES string of the molecule is Cc1cc(C)c(C(=S)SP(=[Se])(c2ccccc2)c2ccccc2)c(C)c1. The van der Waals surface area contributed by atoms with Crippen LogP contribution < -0.4 is 10.6 Å². The summed E-state index contributed by atoms with van der Waals surface area (Å²) in [6, 6.07) is 25.8. The molecule has 0 aromatic heterocycles. The predicted molar refractivity (Wildman–Crippen MR) is 125 cm³/mol. The third-order valence-electron chi connectivity index (χ3n) is 4.28. The van der Waals surface area contributed by atoms with Gasteiger partial charge in [0.05, 0.1) is 0 Å². The zero-order valence-corrected chi connectivity index (χ0v) is 19.3. The number of aryl methyl sites for hydroxylation is 3. The van der Waals surface area contributed by atoms with Gasteiger partial charge < -0.3 is 0 Å². The van der Waals surface area contributed by atoms with Gasteiger partial charge in [-0.3, -0.25) is 0 Å². The van der Waals surface area contributed by atoms with Crippen molar-refractivity contribution < 1.29 is 0 Å². The first-order valence-corrected chi connectivity index (χ1v) is 14.3. The van der Waals surface area contributed by atoms with Crippen LogP contribution in [0.2, 0.25) is 0 Å². The normalized spacial score (nSPS) is 11.3. The summed E-state index contributed by atoms with van der Waals surface area (Å²) in [7, 11) is 0. The van der Waals surface area contributed by atoms with E-state index >= 15 is 0 Å². The van der Waals surface area contributed by atoms with E-state index in [-0.39, 0.29) is 0 Å². The molecule has 4 heteroatoms. The molecule has 3 rings (SSSR count). The first-order valence-electron chi connectivity index (χ1n) is 8.45. The first kappa shape index (κ1) is 19.8. The zero-order valence-electron chi connectivity index (χ0n) is 15.1. The predicted octanol–water partition coefficient (Wildman–Crippen LogP) is 5.69.